The highest BCUT2D eigenvalue weighted by Gasteiger charge is 2.23. The molecule has 0 saturated carbocycles. The van der Waals surface area contributed by atoms with E-state index < -0.39 is 0 Å². The van der Waals surface area contributed by atoms with Gasteiger partial charge in [-0.25, -0.2) is 4.98 Å². The number of hydrogen-bond donors (Lipinski definition) is 1. The molecule has 0 atom stereocenters. The Hall–Kier alpha value is -3.68. The van der Waals surface area contributed by atoms with Gasteiger partial charge in [0.1, 0.15) is 5.82 Å². The van der Waals surface area contributed by atoms with Crippen molar-refractivity contribution < 1.29 is 9.32 Å². The Bertz CT molecular complexity index is 1220. The molecule has 164 valence electrons. The second-order valence-electron chi connectivity index (χ2n) is 8.42. The van der Waals surface area contributed by atoms with Crippen LogP contribution in [-0.2, 0) is 11.2 Å². The number of pyridine rings is 1. The highest BCUT2D eigenvalue weighted by molar-refractivity contribution is 5.89. The number of hydrogen-bond acceptors (Lipinski definition) is 6. The number of nitrogens with zero attached hydrogens (tertiary/aromatic N) is 5. The van der Waals surface area contributed by atoms with Gasteiger partial charge in [-0.3, -0.25) is 4.79 Å². The third-order valence-corrected chi connectivity index (χ3v) is 5.91. The summed E-state index contributed by atoms with van der Waals surface area (Å²) in [5, 5.41) is 5.16. The summed E-state index contributed by atoms with van der Waals surface area (Å²) < 4.78 is 5.28. The molecule has 3 aromatic heterocycles. The molecule has 32 heavy (non-hydrogen) atoms. The van der Waals surface area contributed by atoms with E-state index in [1.54, 1.807) is 6.20 Å². The largest absolute Gasteiger partial charge is 0.361 e. The van der Waals surface area contributed by atoms with E-state index in [-0.39, 0.29) is 11.8 Å². The molecule has 4 heterocycles. The Labute approximate surface area is 186 Å². The normalized spacial score (nSPS) is 14.5. The van der Waals surface area contributed by atoms with Crippen LogP contribution in [0.25, 0.3) is 22.3 Å². The van der Waals surface area contributed by atoms with Gasteiger partial charge in [0.25, 0.3) is 0 Å². The molecule has 0 radical (unpaired) electrons. The maximum absolute atomic E-state index is 12.9. The number of piperazine rings is 1. The number of benzene rings is 1. The highest BCUT2D eigenvalue weighted by atomic mass is 16.5. The summed E-state index contributed by atoms with van der Waals surface area (Å²) in [6.45, 7) is 6.92. The van der Waals surface area contributed by atoms with E-state index in [9.17, 15) is 4.79 Å². The molecule has 5 rings (SSSR count). The van der Waals surface area contributed by atoms with Crippen molar-refractivity contribution in [1.29, 1.82) is 0 Å². The van der Waals surface area contributed by atoms with Crippen molar-refractivity contribution in [2.45, 2.75) is 26.2 Å². The van der Waals surface area contributed by atoms with Gasteiger partial charge in [0.05, 0.1) is 6.42 Å². The molecule has 0 spiro atoms. The van der Waals surface area contributed by atoms with Gasteiger partial charge < -0.3 is 19.3 Å². The predicted molar refractivity (Wildman–Crippen MR) is 122 cm³/mol. The molecule has 0 bridgehead atoms. The highest BCUT2D eigenvalue weighted by Crippen LogP contribution is 2.22. The first-order valence-corrected chi connectivity index (χ1v) is 11.0. The molecule has 0 aliphatic carbocycles. The van der Waals surface area contributed by atoms with Gasteiger partial charge in [0.2, 0.25) is 17.6 Å². The number of para-hydroxylation sites is 1. The summed E-state index contributed by atoms with van der Waals surface area (Å²) in [4.78, 5) is 29.3. The molecule has 1 fully saturated rings. The zero-order valence-corrected chi connectivity index (χ0v) is 18.3. The standard InChI is InChI=1S/C24H26N6O2/c1-16(2)24-27-23(28-32-24)17-7-8-21(26-14-17)29-9-11-30(12-10-29)22(31)13-18-15-25-20-6-4-3-5-19(18)20/h3-8,14-16,25H,9-13H2,1-2H3. The first kappa shape index (κ1) is 20.2. The molecule has 1 amide bonds. The molecule has 0 unspecified atom stereocenters. The maximum atomic E-state index is 12.9. The number of anilines is 1. The van der Waals surface area contributed by atoms with Crippen LogP contribution in [0.2, 0.25) is 0 Å². The number of carbonyl (C=O) groups is 1. The van der Waals surface area contributed by atoms with Crippen LogP contribution in [0.5, 0.6) is 0 Å². The Morgan fingerprint density at radius 3 is 2.66 bits per heavy atom. The minimum Gasteiger partial charge on any atom is -0.361 e. The van der Waals surface area contributed by atoms with Crippen molar-refractivity contribution in [2.24, 2.45) is 0 Å². The number of aromatic amines is 1. The smallest absolute Gasteiger partial charge is 0.229 e. The third-order valence-electron chi connectivity index (χ3n) is 5.91. The molecule has 1 N–H and O–H groups in total. The molecule has 8 heteroatoms. The molecule has 4 aromatic rings. The van der Waals surface area contributed by atoms with Crippen molar-refractivity contribution in [3.63, 3.8) is 0 Å². The van der Waals surface area contributed by atoms with Crippen LogP contribution in [-0.4, -0.2) is 57.1 Å². The monoisotopic (exact) mass is 430 g/mol. The molecule has 1 aromatic carbocycles. The van der Waals surface area contributed by atoms with Crippen molar-refractivity contribution >= 4 is 22.6 Å². The minimum absolute atomic E-state index is 0.163. The number of aromatic nitrogens is 4. The van der Waals surface area contributed by atoms with Crippen molar-refractivity contribution in [1.82, 2.24) is 25.0 Å². The van der Waals surface area contributed by atoms with E-state index in [1.807, 2.05) is 55.3 Å². The number of rotatable bonds is 5. The lowest BCUT2D eigenvalue weighted by molar-refractivity contribution is -0.130. The number of amides is 1. The third kappa shape index (κ3) is 3.95. The van der Waals surface area contributed by atoms with Crippen LogP contribution in [0.15, 0.2) is 53.3 Å². The molecule has 8 nitrogen and oxygen atoms in total. The molecule has 1 saturated heterocycles. The zero-order valence-electron chi connectivity index (χ0n) is 18.3. The lowest BCUT2D eigenvalue weighted by Gasteiger charge is -2.35. The lowest BCUT2D eigenvalue weighted by atomic mass is 10.1. The average Bonchev–Trinajstić information content (AvgIpc) is 3.48. The molecular formula is C24H26N6O2. The van der Waals surface area contributed by atoms with Crippen LogP contribution < -0.4 is 4.90 Å². The number of nitrogens with one attached hydrogen (secondary N) is 1. The van der Waals surface area contributed by atoms with E-state index in [0.717, 1.165) is 40.9 Å². The Morgan fingerprint density at radius 2 is 1.94 bits per heavy atom. The van der Waals surface area contributed by atoms with E-state index in [2.05, 4.69) is 31.1 Å². The van der Waals surface area contributed by atoms with Gasteiger partial charge in [0, 0.05) is 61.0 Å². The first-order chi connectivity index (χ1) is 15.6. The quantitative estimate of drug-likeness (QED) is 0.520. The first-order valence-electron chi connectivity index (χ1n) is 11.0. The Morgan fingerprint density at radius 1 is 1.12 bits per heavy atom. The van der Waals surface area contributed by atoms with Gasteiger partial charge in [-0.05, 0) is 23.8 Å². The van der Waals surface area contributed by atoms with Crippen molar-refractivity contribution in [3.05, 3.63) is 60.2 Å². The van der Waals surface area contributed by atoms with Gasteiger partial charge in [-0.15, -0.1) is 0 Å². The summed E-state index contributed by atoms with van der Waals surface area (Å²) in [7, 11) is 0. The van der Waals surface area contributed by atoms with E-state index in [1.165, 1.54) is 0 Å². The fourth-order valence-corrected chi connectivity index (χ4v) is 4.03. The topological polar surface area (TPSA) is 91.2 Å². The van der Waals surface area contributed by atoms with Crippen LogP contribution in [0.1, 0.15) is 31.2 Å². The fraction of sp³-hybridized carbons (Fsp3) is 0.333. The van der Waals surface area contributed by atoms with Crippen LogP contribution >= 0.6 is 0 Å². The average molecular weight is 431 g/mol. The van der Waals surface area contributed by atoms with Gasteiger partial charge >= 0.3 is 0 Å². The van der Waals surface area contributed by atoms with Gasteiger partial charge in [-0.2, -0.15) is 4.98 Å². The minimum atomic E-state index is 0.163. The summed E-state index contributed by atoms with van der Waals surface area (Å²) in [6.07, 6.45) is 4.14. The van der Waals surface area contributed by atoms with Gasteiger partial charge in [-0.1, -0.05) is 37.2 Å². The van der Waals surface area contributed by atoms with E-state index >= 15 is 0 Å². The second-order valence-corrected chi connectivity index (χ2v) is 8.42. The van der Waals surface area contributed by atoms with Crippen LogP contribution in [0.4, 0.5) is 5.82 Å². The maximum Gasteiger partial charge on any atom is 0.229 e. The van der Waals surface area contributed by atoms with Crippen molar-refractivity contribution in [2.75, 3.05) is 31.1 Å². The van der Waals surface area contributed by atoms with Crippen LogP contribution in [0, 0.1) is 0 Å². The fourth-order valence-electron chi connectivity index (χ4n) is 4.03. The Kier molecular flexibility index (Phi) is 5.34. The number of carbonyl (C=O) groups excluding carboxylic acids is 1. The second kappa shape index (κ2) is 8.45. The SMILES string of the molecule is CC(C)c1nc(-c2ccc(N3CCN(C(=O)Cc4c[nH]c5ccccc45)CC3)nc2)no1. The number of H-pyrrole nitrogens is 1. The van der Waals surface area contributed by atoms with Gasteiger partial charge in [0.15, 0.2) is 0 Å². The predicted octanol–water partition coefficient (Wildman–Crippen LogP) is 3.63. The van der Waals surface area contributed by atoms with Crippen molar-refractivity contribution in [3.8, 4) is 11.4 Å². The summed E-state index contributed by atoms with van der Waals surface area (Å²) in [6, 6.07) is 12.0. The summed E-state index contributed by atoms with van der Waals surface area (Å²) >= 11 is 0. The summed E-state index contributed by atoms with van der Waals surface area (Å²) in [5.41, 5.74) is 2.94. The van der Waals surface area contributed by atoms with E-state index in [0.29, 0.717) is 31.2 Å². The molecule has 1 aliphatic heterocycles. The zero-order chi connectivity index (χ0) is 22.1. The Balaban J connectivity index is 1.19. The molecule has 1 aliphatic rings. The van der Waals surface area contributed by atoms with E-state index in [4.69, 9.17) is 4.52 Å². The summed E-state index contributed by atoms with van der Waals surface area (Å²) in [5.74, 6) is 2.43. The van der Waals surface area contributed by atoms with Crippen LogP contribution in [0.3, 0.4) is 0 Å². The lowest BCUT2D eigenvalue weighted by Crippen LogP contribution is -2.49. The number of fused-ring (bicyclic) bond motifs is 1. The molecular weight excluding hydrogens is 404 g/mol.